The second kappa shape index (κ2) is 8.41. The van der Waals surface area contributed by atoms with Crippen LogP contribution in [-0.2, 0) is 15.1 Å². The van der Waals surface area contributed by atoms with E-state index in [1.165, 1.54) is 0 Å². The highest BCUT2D eigenvalue weighted by atomic mass is 16.5. The van der Waals surface area contributed by atoms with Crippen molar-refractivity contribution < 1.29 is 19.4 Å². The molecular formula is C20H22O4. The van der Waals surface area contributed by atoms with E-state index in [1.807, 2.05) is 13.0 Å². The van der Waals surface area contributed by atoms with Crippen molar-refractivity contribution in [3.63, 3.8) is 0 Å². The van der Waals surface area contributed by atoms with Gasteiger partial charge < -0.3 is 9.84 Å². The highest BCUT2D eigenvalue weighted by Crippen LogP contribution is 2.31. The molecule has 0 fully saturated rings. The maximum atomic E-state index is 12.9. The number of carbonyl (C=O) groups is 2. The number of esters is 1. The number of ether oxygens (including phenoxy) is 1. The first-order chi connectivity index (χ1) is 11.6. The molecule has 1 atom stereocenters. The molecule has 24 heavy (non-hydrogen) atoms. The van der Waals surface area contributed by atoms with E-state index in [0.29, 0.717) is 17.7 Å². The molecule has 0 aliphatic rings. The monoisotopic (exact) mass is 326 g/mol. The maximum Gasteiger partial charge on any atom is 0.305 e. The van der Waals surface area contributed by atoms with Crippen LogP contribution in [0, 0.1) is 0 Å². The summed E-state index contributed by atoms with van der Waals surface area (Å²) in [5, 5.41) is 11.1. The van der Waals surface area contributed by atoms with Gasteiger partial charge in [-0.1, -0.05) is 67.6 Å². The number of rotatable bonds is 8. The van der Waals surface area contributed by atoms with Gasteiger partial charge in [0, 0.05) is 12.0 Å². The Balaban J connectivity index is 2.25. The maximum absolute atomic E-state index is 12.9. The molecule has 0 aromatic heterocycles. The predicted octanol–water partition coefficient (Wildman–Crippen LogP) is 3.49. The van der Waals surface area contributed by atoms with Gasteiger partial charge in [-0.15, -0.1) is 0 Å². The van der Waals surface area contributed by atoms with Crippen LogP contribution in [0.15, 0.2) is 60.7 Å². The Kier molecular flexibility index (Phi) is 6.27. The van der Waals surface area contributed by atoms with E-state index in [0.717, 1.165) is 6.42 Å². The smallest absolute Gasteiger partial charge is 0.305 e. The van der Waals surface area contributed by atoms with Gasteiger partial charge in [-0.3, -0.25) is 9.59 Å². The average molecular weight is 326 g/mol. The Morgan fingerprint density at radius 3 is 2.17 bits per heavy atom. The molecule has 4 heteroatoms. The SMILES string of the molecule is CCCOC(=O)CCC(O)(C(=O)c1ccccc1)c1ccccc1. The Morgan fingerprint density at radius 1 is 1.00 bits per heavy atom. The van der Waals surface area contributed by atoms with Gasteiger partial charge in [0.2, 0.25) is 0 Å². The van der Waals surface area contributed by atoms with E-state index in [2.05, 4.69) is 0 Å². The lowest BCUT2D eigenvalue weighted by molar-refractivity contribution is -0.144. The molecule has 1 unspecified atom stereocenters. The van der Waals surface area contributed by atoms with Crippen LogP contribution in [0.5, 0.6) is 0 Å². The third kappa shape index (κ3) is 4.30. The van der Waals surface area contributed by atoms with Crippen LogP contribution in [0.3, 0.4) is 0 Å². The van der Waals surface area contributed by atoms with E-state index >= 15 is 0 Å². The molecule has 0 spiro atoms. The average Bonchev–Trinajstić information content (AvgIpc) is 2.65. The summed E-state index contributed by atoms with van der Waals surface area (Å²) in [5.41, 5.74) is -0.874. The summed E-state index contributed by atoms with van der Waals surface area (Å²) in [7, 11) is 0. The Bertz CT molecular complexity index is 667. The Morgan fingerprint density at radius 2 is 1.58 bits per heavy atom. The van der Waals surface area contributed by atoms with Crippen molar-refractivity contribution in [2.24, 2.45) is 0 Å². The predicted molar refractivity (Wildman–Crippen MR) is 91.6 cm³/mol. The minimum atomic E-state index is -1.76. The molecule has 0 aliphatic carbocycles. The van der Waals surface area contributed by atoms with Crippen LogP contribution < -0.4 is 0 Å². The van der Waals surface area contributed by atoms with Crippen LogP contribution in [0.4, 0.5) is 0 Å². The van der Waals surface area contributed by atoms with Crippen molar-refractivity contribution in [1.29, 1.82) is 0 Å². The molecule has 126 valence electrons. The van der Waals surface area contributed by atoms with Crippen LogP contribution >= 0.6 is 0 Å². The van der Waals surface area contributed by atoms with Crippen LogP contribution in [-0.4, -0.2) is 23.5 Å². The summed E-state index contributed by atoms with van der Waals surface area (Å²) < 4.78 is 5.05. The van der Waals surface area contributed by atoms with Gasteiger partial charge in [0.15, 0.2) is 11.4 Å². The number of benzene rings is 2. The minimum absolute atomic E-state index is 0.0205. The second-order valence-electron chi connectivity index (χ2n) is 5.64. The summed E-state index contributed by atoms with van der Waals surface area (Å²) in [6.07, 6.45) is 0.689. The normalized spacial score (nSPS) is 13.1. The molecule has 0 saturated heterocycles. The Hall–Kier alpha value is -2.46. The topological polar surface area (TPSA) is 63.6 Å². The summed E-state index contributed by atoms with van der Waals surface area (Å²) in [5.74, 6) is -0.829. The van der Waals surface area contributed by atoms with Gasteiger partial charge >= 0.3 is 5.97 Å². The van der Waals surface area contributed by atoms with E-state index in [-0.39, 0.29) is 12.8 Å². The number of aliphatic hydroxyl groups is 1. The van der Waals surface area contributed by atoms with Crippen LogP contribution in [0.1, 0.15) is 42.1 Å². The molecule has 0 radical (unpaired) electrons. The van der Waals surface area contributed by atoms with Gasteiger partial charge in [-0.05, 0) is 18.4 Å². The van der Waals surface area contributed by atoms with E-state index in [9.17, 15) is 14.7 Å². The van der Waals surface area contributed by atoms with Crippen LogP contribution in [0.2, 0.25) is 0 Å². The molecule has 0 heterocycles. The third-order valence-electron chi connectivity index (χ3n) is 3.82. The zero-order valence-electron chi connectivity index (χ0n) is 13.8. The van der Waals surface area contributed by atoms with Crippen molar-refractivity contribution in [2.75, 3.05) is 6.61 Å². The zero-order chi connectivity index (χ0) is 17.4. The molecule has 0 saturated carbocycles. The quantitative estimate of drug-likeness (QED) is 0.596. The van der Waals surface area contributed by atoms with Gasteiger partial charge in [0.25, 0.3) is 0 Å². The fourth-order valence-electron chi connectivity index (χ4n) is 2.50. The number of ketones is 1. The van der Waals surface area contributed by atoms with Crippen molar-refractivity contribution in [1.82, 2.24) is 0 Å². The first-order valence-corrected chi connectivity index (χ1v) is 8.11. The second-order valence-corrected chi connectivity index (χ2v) is 5.64. The van der Waals surface area contributed by atoms with Gasteiger partial charge in [0.05, 0.1) is 6.61 Å². The molecule has 1 N–H and O–H groups in total. The first-order valence-electron chi connectivity index (χ1n) is 8.11. The minimum Gasteiger partial charge on any atom is -0.466 e. The molecule has 2 rings (SSSR count). The first kappa shape index (κ1) is 17.9. The molecular weight excluding hydrogens is 304 g/mol. The van der Waals surface area contributed by atoms with Crippen molar-refractivity contribution >= 4 is 11.8 Å². The molecule has 2 aromatic rings. The number of Topliss-reactive ketones (excluding diaryl/α,β-unsaturated/α-hetero) is 1. The number of hydrogen-bond donors (Lipinski definition) is 1. The van der Waals surface area contributed by atoms with Gasteiger partial charge in [-0.2, -0.15) is 0 Å². The lowest BCUT2D eigenvalue weighted by Crippen LogP contribution is -2.36. The highest BCUT2D eigenvalue weighted by Gasteiger charge is 2.38. The summed E-state index contributed by atoms with van der Waals surface area (Å²) in [4.78, 5) is 24.7. The largest absolute Gasteiger partial charge is 0.466 e. The molecule has 2 aromatic carbocycles. The van der Waals surface area contributed by atoms with Gasteiger partial charge in [0.1, 0.15) is 0 Å². The molecule has 0 amide bonds. The number of carbonyl (C=O) groups excluding carboxylic acids is 2. The fourth-order valence-corrected chi connectivity index (χ4v) is 2.50. The lowest BCUT2D eigenvalue weighted by Gasteiger charge is -2.27. The summed E-state index contributed by atoms with van der Waals surface area (Å²) >= 11 is 0. The Labute approximate surface area is 142 Å². The number of hydrogen-bond acceptors (Lipinski definition) is 4. The molecule has 4 nitrogen and oxygen atoms in total. The van der Waals surface area contributed by atoms with Gasteiger partial charge in [-0.25, -0.2) is 0 Å². The van der Waals surface area contributed by atoms with Crippen molar-refractivity contribution in [3.8, 4) is 0 Å². The fraction of sp³-hybridized carbons (Fsp3) is 0.300. The van der Waals surface area contributed by atoms with E-state index < -0.39 is 17.4 Å². The molecule has 0 aliphatic heterocycles. The van der Waals surface area contributed by atoms with E-state index in [1.54, 1.807) is 54.6 Å². The summed E-state index contributed by atoms with van der Waals surface area (Å²) in [6, 6.07) is 17.3. The third-order valence-corrected chi connectivity index (χ3v) is 3.82. The van der Waals surface area contributed by atoms with Crippen molar-refractivity contribution in [3.05, 3.63) is 71.8 Å². The lowest BCUT2D eigenvalue weighted by atomic mass is 9.82. The zero-order valence-corrected chi connectivity index (χ0v) is 13.8. The van der Waals surface area contributed by atoms with Crippen LogP contribution in [0.25, 0.3) is 0 Å². The van der Waals surface area contributed by atoms with E-state index in [4.69, 9.17) is 4.74 Å². The standard InChI is InChI=1S/C20H22O4/c1-2-15-24-18(21)13-14-20(23,17-11-7-4-8-12-17)19(22)16-9-5-3-6-10-16/h3-12,23H,2,13-15H2,1H3. The van der Waals surface area contributed by atoms with Crippen molar-refractivity contribution in [2.45, 2.75) is 31.8 Å². The summed E-state index contributed by atoms with van der Waals surface area (Å²) in [6.45, 7) is 2.25. The molecule has 0 bridgehead atoms. The highest BCUT2D eigenvalue weighted by molar-refractivity contribution is 6.03.